The fourth-order valence-electron chi connectivity index (χ4n) is 2.15. The van der Waals surface area contributed by atoms with E-state index in [1.807, 2.05) is 37.5 Å². The van der Waals surface area contributed by atoms with E-state index >= 15 is 0 Å². The lowest BCUT2D eigenvalue weighted by Crippen LogP contribution is -2.14. The Balaban J connectivity index is 1.69. The maximum absolute atomic E-state index is 4.37. The molecular weight excluding hydrogens is 248 g/mol. The molecule has 4 nitrogen and oxygen atoms in total. The molecule has 20 heavy (non-hydrogen) atoms. The van der Waals surface area contributed by atoms with Crippen LogP contribution in [0.5, 0.6) is 0 Å². The second kappa shape index (κ2) is 5.75. The Morgan fingerprint density at radius 3 is 2.70 bits per heavy atom. The molecule has 0 saturated carbocycles. The van der Waals surface area contributed by atoms with Crippen molar-refractivity contribution in [2.75, 3.05) is 0 Å². The molecule has 0 bridgehead atoms. The number of fused-ring (bicyclic) bond motifs is 1. The lowest BCUT2D eigenvalue weighted by Gasteiger charge is -2.07. The Morgan fingerprint density at radius 2 is 1.85 bits per heavy atom. The van der Waals surface area contributed by atoms with Gasteiger partial charge in [-0.15, -0.1) is 0 Å². The summed E-state index contributed by atoms with van der Waals surface area (Å²) in [5.74, 6) is 0. The summed E-state index contributed by atoms with van der Waals surface area (Å²) in [5.41, 5.74) is 4.17. The Bertz CT molecular complexity index is 702. The fourth-order valence-corrected chi connectivity index (χ4v) is 2.15. The molecule has 1 N–H and O–H groups in total. The number of pyridine rings is 1. The molecule has 0 atom stereocenters. The number of aryl methyl sites for hydroxylation is 1. The number of hydrogen-bond donors (Lipinski definition) is 1. The third-order valence-electron chi connectivity index (χ3n) is 3.20. The van der Waals surface area contributed by atoms with Crippen molar-refractivity contribution >= 4 is 10.9 Å². The van der Waals surface area contributed by atoms with Gasteiger partial charge in [0.05, 0.1) is 16.9 Å². The normalized spacial score (nSPS) is 10.8. The summed E-state index contributed by atoms with van der Waals surface area (Å²) in [7, 11) is 0. The monoisotopic (exact) mass is 264 g/mol. The van der Waals surface area contributed by atoms with Crippen molar-refractivity contribution in [3.05, 3.63) is 65.9 Å². The zero-order chi connectivity index (χ0) is 13.8. The van der Waals surface area contributed by atoms with Crippen LogP contribution in [0.25, 0.3) is 10.9 Å². The van der Waals surface area contributed by atoms with E-state index in [-0.39, 0.29) is 0 Å². The van der Waals surface area contributed by atoms with Crippen LogP contribution in [0.15, 0.2) is 48.9 Å². The molecule has 100 valence electrons. The van der Waals surface area contributed by atoms with Crippen molar-refractivity contribution in [3.63, 3.8) is 0 Å². The minimum Gasteiger partial charge on any atom is -0.307 e. The highest BCUT2D eigenvalue weighted by molar-refractivity contribution is 5.81. The van der Waals surface area contributed by atoms with Crippen LogP contribution >= 0.6 is 0 Å². The Labute approximate surface area is 117 Å². The van der Waals surface area contributed by atoms with E-state index in [0.717, 1.165) is 23.4 Å². The molecule has 0 fully saturated rings. The second-order valence-electron chi connectivity index (χ2n) is 4.74. The minimum atomic E-state index is 0.712. The van der Waals surface area contributed by atoms with Crippen LogP contribution in [-0.2, 0) is 13.1 Å². The third kappa shape index (κ3) is 2.81. The van der Waals surface area contributed by atoms with Crippen molar-refractivity contribution in [2.45, 2.75) is 20.0 Å². The first-order valence-electron chi connectivity index (χ1n) is 6.64. The molecule has 2 aromatic heterocycles. The number of hydrogen-bond acceptors (Lipinski definition) is 4. The number of benzene rings is 1. The van der Waals surface area contributed by atoms with Gasteiger partial charge in [0.2, 0.25) is 0 Å². The van der Waals surface area contributed by atoms with Gasteiger partial charge >= 0.3 is 0 Å². The highest BCUT2D eigenvalue weighted by Crippen LogP contribution is 2.15. The first kappa shape index (κ1) is 12.7. The Morgan fingerprint density at radius 1 is 0.950 bits per heavy atom. The van der Waals surface area contributed by atoms with Gasteiger partial charge in [0.15, 0.2) is 0 Å². The number of rotatable bonds is 4. The SMILES string of the molecule is Cc1cnc(CNCc2ccnc3ccccc23)cn1. The second-order valence-corrected chi connectivity index (χ2v) is 4.74. The Hall–Kier alpha value is -2.33. The molecule has 0 radical (unpaired) electrons. The summed E-state index contributed by atoms with van der Waals surface area (Å²) in [6.45, 7) is 3.44. The Kier molecular flexibility index (Phi) is 3.65. The minimum absolute atomic E-state index is 0.712. The van der Waals surface area contributed by atoms with Crippen LogP contribution < -0.4 is 5.32 Å². The highest BCUT2D eigenvalue weighted by atomic mass is 14.9. The predicted octanol–water partition coefficient (Wildman–Crippen LogP) is 2.62. The smallest absolute Gasteiger partial charge is 0.0724 e. The summed E-state index contributed by atoms with van der Waals surface area (Å²) >= 11 is 0. The van der Waals surface area contributed by atoms with E-state index in [2.05, 4.69) is 32.4 Å². The highest BCUT2D eigenvalue weighted by Gasteiger charge is 2.01. The maximum atomic E-state index is 4.37. The van der Waals surface area contributed by atoms with Gasteiger partial charge in [0.25, 0.3) is 0 Å². The number of nitrogens with zero attached hydrogens (tertiary/aromatic N) is 3. The van der Waals surface area contributed by atoms with E-state index in [0.29, 0.717) is 6.54 Å². The van der Waals surface area contributed by atoms with Crippen LogP contribution in [0.4, 0.5) is 0 Å². The van der Waals surface area contributed by atoms with Crippen molar-refractivity contribution in [3.8, 4) is 0 Å². The zero-order valence-corrected chi connectivity index (χ0v) is 11.4. The van der Waals surface area contributed by atoms with Crippen molar-refractivity contribution in [1.82, 2.24) is 20.3 Å². The summed E-state index contributed by atoms with van der Waals surface area (Å²) in [5, 5.41) is 4.59. The van der Waals surface area contributed by atoms with Crippen LogP contribution in [-0.4, -0.2) is 15.0 Å². The largest absolute Gasteiger partial charge is 0.307 e. The van der Waals surface area contributed by atoms with E-state index in [9.17, 15) is 0 Å². The first-order valence-corrected chi connectivity index (χ1v) is 6.64. The number of para-hydroxylation sites is 1. The quantitative estimate of drug-likeness (QED) is 0.787. The van der Waals surface area contributed by atoms with E-state index < -0.39 is 0 Å². The summed E-state index contributed by atoms with van der Waals surface area (Å²) in [6, 6.07) is 10.2. The summed E-state index contributed by atoms with van der Waals surface area (Å²) in [6.07, 6.45) is 5.46. The molecule has 2 heterocycles. The average molecular weight is 264 g/mol. The molecule has 0 spiro atoms. The van der Waals surface area contributed by atoms with Crippen LogP contribution in [0, 0.1) is 6.92 Å². The van der Waals surface area contributed by atoms with Gasteiger partial charge in [-0.2, -0.15) is 0 Å². The number of nitrogens with one attached hydrogen (secondary N) is 1. The van der Waals surface area contributed by atoms with Gasteiger partial charge in [0.1, 0.15) is 0 Å². The van der Waals surface area contributed by atoms with Crippen LogP contribution in [0.1, 0.15) is 17.0 Å². The molecule has 4 heteroatoms. The molecule has 0 amide bonds. The van der Waals surface area contributed by atoms with Gasteiger partial charge in [-0.25, -0.2) is 0 Å². The molecule has 3 rings (SSSR count). The van der Waals surface area contributed by atoms with Crippen LogP contribution in [0.3, 0.4) is 0 Å². The van der Waals surface area contributed by atoms with Crippen molar-refractivity contribution < 1.29 is 0 Å². The average Bonchev–Trinajstić information content (AvgIpc) is 2.49. The van der Waals surface area contributed by atoms with Gasteiger partial charge in [-0.3, -0.25) is 15.0 Å². The summed E-state index contributed by atoms with van der Waals surface area (Å²) < 4.78 is 0. The molecule has 0 aliphatic heterocycles. The lowest BCUT2D eigenvalue weighted by molar-refractivity contribution is 0.678. The number of aromatic nitrogens is 3. The standard InChI is InChI=1S/C16H16N4/c1-12-8-20-14(11-19-12)10-17-9-13-6-7-18-16-5-3-2-4-15(13)16/h2-8,11,17H,9-10H2,1H3. The zero-order valence-electron chi connectivity index (χ0n) is 11.4. The van der Waals surface area contributed by atoms with E-state index in [4.69, 9.17) is 0 Å². The molecule has 0 aliphatic carbocycles. The first-order chi connectivity index (χ1) is 9.83. The fraction of sp³-hybridized carbons (Fsp3) is 0.188. The lowest BCUT2D eigenvalue weighted by atomic mass is 10.1. The van der Waals surface area contributed by atoms with Gasteiger partial charge in [0, 0.05) is 37.1 Å². The molecule has 1 aromatic carbocycles. The molecule has 3 aromatic rings. The summed E-state index contributed by atoms with van der Waals surface area (Å²) in [4.78, 5) is 12.9. The maximum Gasteiger partial charge on any atom is 0.0724 e. The molecule has 0 saturated heterocycles. The van der Waals surface area contributed by atoms with Gasteiger partial charge < -0.3 is 5.32 Å². The predicted molar refractivity (Wildman–Crippen MR) is 79.1 cm³/mol. The van der Waals surface area contributed by atoms with E-state index in [1.54, 1.807) is 6.20 Å². The van der Waals surface area contributed by atoms with Gasteiger partial charge in [-0.1, -0.05) is 18.2 Å². The molecule has 0 unspecified atom stereocenters. The van der Waals surface area contributed by atoms with Gasteiger partial charge in [-0.05, 0) is 24.6 Å². The molecule has 0 aliphatic rings. The van der Waals surface area contributed by atoms with Crippen molar-refractivity contribution in [1.29, 1.82) is 0 Å². The van der Waals surface area contributed by atoms with Crippen molar-refractivity contribution in [2.24, 2.45) is 0 Å². The van der Waals surface area contributed by atoms with Crippen LogP contribution in [0.2, 0.25) is 0 Å². The third-order valence-corrected chi connectivity index (χ3v) is 3.20. The topological polar surface area (TPSA) is 50.7 Å². The van der Waals surface area contributed by atoms with E-state index in [1.165, 1.54) is 10.9 Å². The molecular formula is C16H16N4.